The summed E-state index contributed by atoms with van der Waals surface area (Å²) < 4.78 is 0. The fourth-order valence-electron chi connectivity index (χ4n) is 1.94. The summed E-state index contributed by atoms with van der Waals surface area (Å²) in [5.74, 6) is -1.60. The molecule has 14 heavy (non-hydrogen) atoms. The first-order valence-electron chi connectivity index (χ1n) is 5.21. The molecule has 1 amide bonds. The second kappa shape index (κ2) is 5.62. The molecule has 1 aliphatic rings. The van der Waals surface area contributed by atoms with Gasteiger partial charge in [-0.3, -0.25) is 4.79 Å². The highest BCUT2D eigenvalue weighted by Crippen LogP contribution is 2.25. The zero-order valence-corrected chi connectivity index (χ0v) is 8.29. The number of amides is 1. The number of rotatable bonds is 3. The van der Waals surface area contributed by atoms with Crippen LogP contribution in [0.3, 0.4) is 0 Å². The van der Waals surface area contributed by atoms with Crippen molar-refractivity contribution in [2.24, 2.45) is 5.92 Å². The van der Waals surface area contributed by atoms with Gasteiger partial charge in [0.05, 0.1) is 0 Å². The Labute approximate surface area is 83.7 Å². The summed E-state index contributed by atoms with van der Waals surface area (Å²) in [7, 11) is 0. The summed E-state index contributed by atoms with van der Waals surface area (Å²) in [6.07, 6.45) is 7.23. The van der Waals surface area contributed by atoms with Crippen LogP contribution in [-0.4, -0.2) is 23.5 Å². The molecule has 0 atom stereocenters. The van der Waals surface area contributed by atoms with Gasteiger partial charge in [-0.25, -0.2) is 4.79 Å². The average molecular weight is 199 g/mol. The highest BCUT2D eigenvalue weighted by atomic mass is 16.4. The Hall–Kier alpha value is -1.06. The van der Waals surface area contributed by atoms with Crippen LogP contribution in [0, 0.1) is 5.92 Å². The number of hydrogen-bond donors (Lipinski definition) is 2. The maximum atomic E-state index is 10.7. The van der Waals surface area contributed by atoms with Gasteiger partial charge in [0.2, 0.25) is 0 Å². The lowest BCUT2D eigenvalue weighted by molar-refractivity contribution is -0.150. The molecule has 80 valence electrons. The minimum Gasteiger partial charge on any atom is -0.474 e. The van der Waals surface area contributed by atoms with Crippen LogP contribution in [-0.2, 0) is 9.59 Å². The molecule has 4 heteroatoms. The molecule has 0 saturated heterocycles. The number of hydrogen-bond acceptors (Lipinski definition) is 2. The SMILES string of the molecule is O=C(O)C(=O)NCCC1CCCCC1. The molecule has 1 fully saturated rings. The highest BCUT2D eigenvalue weighted by molar-refractivity contribution is 6.31. The number of carboxylic acid groups (broad SMARTS) is 1. The van der Waals surface area contributed by atoms with Crippen molar-refractivity contribution in [3.63, 3.8) is 0 Å². The van der Waals surface area contributed by atoms with Gasteiger partial charge >= 0.3 is 11.9 Å². The van der Waals surface area contributed by atoms with Crippen molar-refractivity contribution in [3.05, 3.63) is 0 Å². The summed E-state index contributed by atoms with van der Waals surface area (Å²) in [4.78, 5) is 20.8. The van der Waals surface area contributed by atoms with Crippen molar-refractivity contribution in [3.8, 4) is 0 Å². The average Bonchev–Trinajstić information content (AvgIpc) is 2.19. The number of aliphatic carboxylic acids is 1. The predicted octanol–water partition coefficient (Wildman–Crippen LogP) is 1.16. The Morgan fingerprint density at radius 1 is 1.21 bits per heavy atom. The van der Waals surface area contributed by atoms with Crippen LogP contribution in [0.15, 0.2) is 0 Å². The van der Waals surface area contributed by atoms with E-state index in [0.29, 0.717) is 12.5 Å². The molecule has 1 rings (SSSR count). The molecule has 0 aromatic rings. The first-order valence-corrected chi connectivity index (χ1v) is 5.21. The van der Waals surface area contributed by atoms with Gasteiger partial charge in [-0.15, -0.1) is 0 Å². The monoisotopic (exact) mass is 199 g/mol. The van der Waals surface area contributed by atoms with Gasteiger partial charge in [0.25, 0.3) is 0 Å². The van der Waals surface area contributed by atoms with Crippen molar-refractivity contribution in [2.45, 2.75) is 38.5 Å². The van der Waals surface area contributed by atoms with E-state index < -0.39 is 11.9 Å². The normalized spacial score (nSPS) is 17.7. The van der Waals surface area contributed by atoms with Gasteiger partial charge in [0, 0.05) is 6.54 Å². The maximum Gasteiger partial charge on any atom is 0.394 e. The molecule has 0 heterocycles. The summed E-state index contributed by atoms with van der Waals surface area (Å²) >= 11 is 0. The molecular weight excluding hydrogens is 182 g/mol. The lowest BCUT2D eigenvalue weighted by Gasteiger charge is -2.21. The van der Waals surface area contributed by atoms with Gasteiger partial charge in [-0.2, -0.15) is 0 Å². The third-order valence-electron chi connectivity index (χ3n) is 2.76. The van der Waals surface area contributed by atoms with E-state index in [1.54, 1.807) is 0 Å². The zero-order chi connectivity index (χ0) is 10.4. The number of carboxylic acids is 1. The largest absolute Gasteiger partial charge is 0.474 e. The van der Waals surface area contributed by atoms with E-state index in [0.717, 1.165) is 6.42 Å². The third-order valence-corrected chi connectivity index (χ3v) is 2.76. The number of carbonyl (C=O) groups excluding carboxylic acids is 1. The van der Waals surface area contributed by atoms with E-state index in [2.05, 4.69) is 5.32 Å². The second-order valence-corrected chi connectivity index (χ2v) is 3.85. The predicted molar refractivity (Wildman–Crippen MR) is 51.8 cm³/mol. The lowest BCUT2D eigenvalue weighted by Crippen LogP contribution is -2.32. The second-order valence-electron chi connectivity index (χ2n) is 3.85. The molecule has 0 aromatic heterocycles. The molecule has 1 aliphatic carbocycles. The van der Waals surface area contributed by atoms with Gasteiger partial charge in [0.1, 0.15) is 0 Å². The molecule has 4 nitrogen and oxygen atoms in total. The van der Waals surface area contributed by atoms with Gasteiger partial charge < -0.3 is 10.4 Å². The molecule has 0 spiro atoms. The van der Waals surface area contributed by atoms with Crippen molar-refractivity contribution < 1.29 is 14.7 Å². The van der Waals surface area contributed by atoms with Gasteiger partial charge in [-0.1, -0.05) is 32.1 Å². The molecule has 0 unspecified atom stereocenters. The van der Waals surface area contributed by atoms with E-state index in [4.69, 9.17) is 5.11 Å². The van der Waals surface area contributed by atoms with Crippen LogP contribution in [0.25, 0.3) is 0 Å². The molecule has 0 aromatic carbocycles. The quantitative estimate of drug-likeness (QED) is 0.670. The van der Waals surface area contributed by atoms with Crippen molar-refractivity contribution in [1.82, 2.24) is 5.32 Å². The van der Waals surface area contributed by atoms with E-state index in [9.17, 15) is 9.59 Å². The number of nitrogens with one attached hydrogen (secondary N) is 1. The van der Waals surface area contributed by atoms with E-state index in [-0.39, 0.29) is 0 Å². The van der Waals surface area contributed by atoms with Gasteiger partial charge in [0.15, 0.2) is 0 Å². The lowest BCUT2D eigenvalue weighted by atomic mass is 9.87. The Bertz CT molecular complexity index is 209. The van der Waals surface area contributed by atoms with Crippen molar-refractivity contribution in [2.75, 3.05) is 6.54 Å². The molecule has 2 N–H and O–H groups in total. The van der Waals surface area contributed by atoms with Crippen molar-refractivity contribution >= 4 is 11.9 Å². The van der Waals surface area contributed by atoms with Crippen LogP contribution < -0.4 is 5.32 Å². The molecule has 1 saturated carbocycles. The van der Waals surface area contributed by atoms with Crippen molar-refractivity contribution in [1.29, 1.82) is 0 Å². The number of carbonyl (C=O) groups is 2. The Balaban J connectivity index is 2.08. The topological polar surface area (TPSA) is 66.4 Å². The van der Waals surface area contributed by atoms with Crippen LogP contribution in [0.5, 0.6) is 0 Å². The fraction of sp³-hybridized carbons (Fsp3) is 0.800. The van der Waals surface area contributed by atoms with E-state index in [1.807, 2.05) is 0 Å². The summed E-state index contributed by atoms with van der Waals surface area (Å²) in [5, 5.41) is 10.7. The molecular formula is C10H17NO3. The van der Waals surface area contributed by atoms with Gasteiger partial charge in [-0.05, 0) is 12.3 Å². The molecule has 0 radical (unpaired) electrons. The first kappa shape index (κ1) is 11.0. The minimum atomic E-state index is -1.39. The molecule has 0 bridgehead atoms. The van der Waals surface area contributed by atoms with Crippen LogP contribution in [0.2, 0.25) is 0 Å². The van der Waals surface area contributed by atoms with E-state index in [1.165, 1.54) is 32.1 Å². The van der Waals surface area contributed by atoms with Crippen LogP contribution in [0.4, 0.5) is 0 Å². The highest BCUT2D eigenvalue weighted by Gasteiger charge is 2.14. The summed E-state index contributed by atoms with van der Waals surface area (Å²) in [6.45, 7) is 0.496. The zero-order valence-electron chi connectivity index (χ0n) is 8.29. The minimum absolute atomic E-state index is 0.496. The summed E-state index contributed by atoms with van der Waals surface area (Å²) in [5.41, 5.74) is 0. The smallest absolute Gasteiger partial charge is 0.394 e. The van der Waals surface area contributed by atoms with Crippen LogP contribution in [0.1, 0.15) is 38.5 Å². The Morgan fingerprint density at radius 2 is 1.86 bits per heavy atom. The first-order chi connectivity index (χ1) is 6.70. The standard InChI is InChI=1S/C10H17NO3/c12-9(10(13)14)11-7-6-8-4-2-1-3-5-8/h8H,1-7H2,(H,11,12)(H,13,14). The Morgan fingerprint density at radius 3 is 2.43 bits per heavy atom. The fourth-order valence-corrected chi connectivity index (χ4v) is 1.94. The maximum absolute atomic E-state index is 10.7. The van der Waals surface area contributed by atoms with Crippen LogP contribution >= 0.6 is 0 Å². The molecule has 0 aliphatic heterocycles. The Kier molecular flexibility index (Phi) is 4.43. The van der Waals surface area contributed by atoms with E-state index >= 15 is 0 Å². The third kappa shape index (κ3) is 3.77. The summed E-state index contributed by atoms with van der Waals surface area (Å²) in [6, 6.07) is 0.